The van der Waals surface area contributed by atoms with E-state index in [1.54, 1.807) is 7.11 Å². The number of rotatable bonds is 8. The van der Waals surface area contributed by atoms with Gasteiger partial charge in [0.05, 0.1) is 0 Å². The topological polar surface area (TPSA) is 21.3 Å². The van der Waals surface area contributed by atoms with Gasteiger partial charge in [0.25, 0.3) is 0 Å². The lowest BCUT2D eigenvalue weighted by molar-refractivity contribution is 0.181. The Labute approximate surface area is 82.1 Å². The van der Waals surface area contributed by atoms with Crippen molar-refractivity contribution in [3.63, 3.8) is 0 Å². The van der Waals surface area contributed by atoms with Gasteiger partial charge in [-0.1, -0.05) is 6.92 Å². The maximum Gasteiger partial charge on any atom is 0.0477 e. The average Bonchev–Trinajstić information content (AvgIpc) is 2.17. The van der Waals surface area contributed by atoms with E-state index in [2.05, 4.69) is 18.2 Å². The molecule has 0 saturated carbocycles. The number of hydrogen-bond acceptors (Lipinski definition) is 2. The normalized spacial score (nSPS) is 12.4. The van der Waals surface area contributed by atoms with E-state index in [4.69, 9.17) is 11.2 Å². The summed E-state index contributed by atoms with van der Waals surface area (Å²) in [4.78, 5) is 0. The van der Waals surface area contributed by atoms with Crippen molar-refractivity contribution in [1.29, 1.82) is 0 Å². The van der Waals surface area contributed by atoms with Crippen molar-refractivity contribution in [3.8, 4) is 12.3 Å². The second-order valence-electron chi connectivity index (χ2n) is 3.18. The van der Waals surface area contributed by atoms with E-state index in [0.717, 1.165) is 32.4 Å². The molecule has 0 heterocycles. The summed E-state index contributed by atoms with van der Waals surface area (Å²) in [6.45, 7) is 4.05. The fourth-order valence-corrected chi connectivity index (χ4v) is 1.21. The molecule has 1 atom stereocenters. The molecule has 2 nitrogen and oxygen atoms in total. The van der Waals surface area contributed by atoms with E-state index in [1.807, 2.05) is 0 Å². The monoisotopic (exact) mass is 183 g/mol. The molecular formula is C11H21NO. The van der Waals surface area contributed by atoms with Crippen molar-refractivity contribution in [3.05, 3.63) is 0 Å². The molecule has 2 heteroatoms. The predicted octanol–water partition coefficient (Wildman–Crippen LogP) is 1.80. The standard InChI is InChI=1S/C11H21NO/c1-4-6-7-11(8-10-13-3)12-9-5-2/h1,11-12H,5-10H2,2-3H3. The lowest BCUT2D eigenvalue weighted by Crippen LogP contribution is -2.30. The van der Waals surface area contributed by atoms with Crippen LogP contribution in [0.2, 0.25) is 0 Å². The highest BCUT2D eigenvalue weighted by molar-refractivity contribution is 4.85. The van der Waals surface area contributed by atoms with E-state index >= 15 is 0 Å². The maximum atomic E-state index is 5.23. The lowest BCUT2D eigenvalue weighted by atomic mass is 10.1. The van der Waals surface area contributed by atoms with E-state index in [9.17, 15) is 0 Å². The number of terminal acetylenes is 1. The van der Waals surface area contributed by atoms with Crippen molar-refractivity contribution in [2.24, 2.45) is 0 Å². The highest BCUT2D eigenvalue weighted by Gasteiger charge is 2.05. The van der Waals surface area contributed by atoms with Crippen molar-refractivity contribution in [2.75, 3.05) is 20.3 Å². The molecule has 0 aliphatic heterocycles. The zero-order valence-electron chi connectivity index (χ0n) is 8.81. The summed E-state index contributed by atoms with van der Waals surface area (Å²) >= 11 is 0. The summed E-state index contributed by atoms with van der Waals surface area (Å²) < 4.78 is 5.04. The van der Waals surface area contributed by atoms with Gasteiger partial charge in [-0.3, -0.25) is 0 Å². The Hall–Kier alpha value is -0.520. The number of methoxy groups -OCH3 is 1. The van der Waals surface area contributed by atoms with Crippen LogP contribution in [0.3, 0.4) is 0 Å². The summed E-state index contributed by atoms with van der Waals surface area (Å²) in [5, 5.41) is 3.46. The van der Waals surface area contributed by atoms with Crippen molar-refractivity contribution in [2.45, 2.75) is 38.6 Å². The van der Waals surface area contributed by atoms with Crippen LogP contribution in [0.5, 0.6) is 0 Å². The van der Waals surface area contributed by atoms with Crippen LogP contribution in [0, 0.1) is 12.3 Å². The molecule has 0 amide bonds. The lowest BCUT2D eigenvalue weighted by Gasteiger charge is -2.16. The molecule has 76 valence electrons. The van der Waals surface area contributed by atoms with Crippen molar-refractivity contribution in [1.82, 2.24) is 5.32 Å². The van der Waals surface area contributed by atoms with Gasteiger partial charge in [-0.05, 0) is 25.8 Å². The molecule has 0 aliphatic carbocycles. The number of nitrogens with one attached hydrogen (secondary N) is 1. The fraction of sp³-hybridized carbons (Fsp3) is 0.818. The van der Waals surface area contributed by atoms with Crippen LogP contribution in [-0.2, 0) is 4.74 Å². The summed E-state index contributed by atoms with van der Waals surface area (Å²) in [5.41, 5.74) is 0. The summed E-state index contributed by atoms with van der Waals surface area (Å²) in [5.74, 6) is 2.67. The van der Waals surface area contributed by atoms with Crippen LogP contribution in [0.15, 0.2) is 0 Å². The van der Waals surface area contributed by atoms with E-state index in [0.29, 0.717) is 6.04 Å². The molecule has 0 aromatic carbocycles. The van der Waals surface area contributed by atoms with Crippen molar-refractivity contribution >= 4 is 0 Å². The Kier molecular flexibility index (Phi) is 9.18. The van der Waals surface area contributed by atoms with Crippen LogP contribution in [0.25, 0.3) is 0 Å². The second-order valence-corrected chi connectivity index (χ2v) is 3.18. The van der Waals surface area contributed by atoms with Gasteiger partial charge in [0.15, 0.2) is 0 Å². The minimum absolute atomic E-state index is 0.524. The molecule has 0 fully saturated rings. The summed E-state index contributed by atoms with van der Waals surface area (Å²) in [6.07, 6.45) is 9.35. The van der Waals surface area contributed by atoms with Gasteiger partial charge < -0.3 is 10.1 Å². The Morgan fingerprint density at radius 2 is 2.23 bits per heavy atom. The Morgan fingerprint density at radius 1 is 1.46 bits per heavy atom. The zero-order chi connectivity index (χ0) is 9.94. The molecule has 1 unspecified atom stereocenters. The van der Waals surface area contributed by atoms with Crippen LogP contribution in [0.1, 0.15) is 32.6 Å². The largest absolute Gasteiger partial charge is 0.385 e. The highest BCUT2D eigenvalue weighted by Crippen LogP contribution is 2.01. The van der Waals surface area contributed by atoms with Gasteiger partial charge >= 0.3 is 0 Å². The van der Waals surface area contributed by atoms with Crippen LogP contribution in [-0.4, -0.2) is 26.3 Å². The molecule has 0 radical (unpaired) electrons. The van der Waals surface area contributed by atoms with E-state index < -0.39 is 0 Å². The first-order valence-corrected chi connectivity index (χ1v) is 5.00. The van der Waals surface area contributed by atoms with Gasteiger partial charge in [0.2, 0.25) is 0 Å². The van der Waals surface area contributed by atoms with Gasteiger partial charge in [0, 0.05) is 26.2 Å². The van der Waals surface area contributed by atoms with Gasteiger partial charge in [-0.25, -0.2) is 0 Å². The third-order valence-electron chi connectivity index (χ3n) is 1.99. The van der Waals surface area contributed by atoms with Gasteiger partial charge in [0.1, 0.15) is 0 Å². The molecule has 0 aromatic rings. The molecule has 0 bridgehead atoms. The van der Waals surface area contributed by atoms with Crippen molar-refractivity contribution < 1.29 is 4.74 Å². The van der Waals surface area contributed by atoms with Crippen LogP contribution in [0.4, 0.5) is 0 Å². The number of hydrogen-bond donors (Lipinski definition) is 1. The second kappa shape index (κ2) is 9.57. The first-order valence-electron chi connectivity index (χ1n) is 5.00. The quantitative estimate of drug-likeness (QED) is 0.579. The Bertz CT molecular complexity index is 132. The molecule has 0 spiro atoms. The molecule has 13 heavy (non-hydrogen) atoms. The summed E-state index contributed by atoms with van der Waals surface area (Å²) in [7, 11) is 1.73. The van der Waals surface area contributed by atoms with Crippen LogP contribution >= 0.6 is 0 Å². The maximum absolute atomic E-state index is 5.23. The van der Waals surface area contributed by atoms with E-state index in [1.165, 1.54) is 6.42 Å². The fourth-order valence-electron chi connectivity index (χ4n) is 1.21. The number of ether oxygens (including phenoxy) is 1. The SMILES string of the molecule is C#CCCC(CCOC)NCCC. The molecular weight excluding hydrogens is 162 g/mol. The van der Waals surface area contributed by atoms with Gasteiger partial charge in [-0.2, -0.15) is 0 Å². The molecule has 0 saturated heterocycles. The summed E-state index contributed by atoms with van der Waals surface area (Å²) in [6, 6.07) is 0.524. The third kappa shape index (κ3) is 7.83. The smallest absolute Gasteiger partial charge is 0.0477 e. The zero-order valence-corrected chi connectivity index (χ0v) is 8.81. The third-order valence-corrected chi connectivity index (χ3v) is 1.99. The Morgan fingerprint density at radius 3 is 2.77 bits per heavy atom. The first kappa shape index (κ1) is 12.5. The predicted molar refractivity (Wildman–Crippen MR) is 56.6 cm³/mol. The average molecular weight is 183 g/mol. The first-order chi connectivity index (χ1) is 6.35. The molecule has 1 N–H and O–H groups in total. The highest BCUT2D eigenvalue weighted by atomic mass is 16.5. The minimum atomic E-state index is 0.524. The Balaban J connectivity index is 3.54. The molecule has 0 rings (SSSR count). The van der Waals surface area contributed by atoms with E-state index in [-0.39, 0.29) is 0 Å². The molecule has 0 aliphatic rings. The minimum Gasteiger partial charge on any atom is -0.385 e. The molecule has 0 aromatic heterocycles. The van der Waals surface area contributed by atoms with Crippen LogP contribution < -0.4 is 5.32 Å². The van der Waals surface area contributed by atoms with Gasteiger partial charge in [-0.15, -0.1) is 12.3 Å².